The standard InChI is InChI=1S/C23H23N5O3/c1-23(2,3)31-22(30)28-19-9-7-16(14-17(19)15-25-28)6-8-18-10-12-24-21(26-18)20(29)11-13-27(4)5/h7,9-15H,1-5H3. The molecule has 8 heteroatoms. The third kappa shape index (κ3) is 5.76. The lowest BCUT2D eigenvalue weighted by Crippen LogP contribution is -2.27. The molecule has 0 saturated carbocycles. The van der Waals surface area contributed by atoms with Gasteiger partial charge in [-0.05, 0) is 51.0 Å². The van der Waals surface area contributed by atoms with E-state index in [-0.39, 0.29) is 11.6 Å². The summed E-state index contributed by atoms with van der Waals surface area (Å²) in [6.07, 6.45) is 5.59. The number of nitrogens with zero attached hydrogens (tertiary/aromatic N) is 5. The first-order chi connectivity index (χ1) is 14.6. The highest BCUT2D eigenvalue weighted by molar-refractivity contribution is 6.01. The molecule has 1 aromatic carbocycles. The maximum absolute atomic E-state index is 12.3. The second-order valence-electron chi connectivity index (χ2n) is 7.97. The van der Waals surface area contributed by atoms with E-state index in [1.54, 1.807) is 56.3 Å². The zero-order valence-corrected chi connectivity index (χ0v) is 18.1. The predicted octanol–water partition coefficient (Wildman–Crippen LogP) is 3.27. The van der Waals surface area contributed by atoms with Crippen LogP contribution in [0.4, 0.5) is 4.79 Å². The van der Waals surface area contributed by atoms with Crippen LogP contribution in [0.3, 0.4) is 0 Å². The topological polar surface area (TPSA) is 90.2 Å². The van der Waals surface area contributed by atoms with Gasteiger partial charge in [0.05, 0.1) is 11.7 Å². The molecule has 0 unspecified atom stereocenters. The minimum atomic E-state index is -0.610. The lowest BCUT2D eigenvalue weighted by atomic mass is 10.1. The Bertz CT molecular complexity index is 1220. The van der Waals surface area contributed by atoms with Crippen LogP contribution in [-0.4, -0.2) is 56.2 Å². The minimum absolute atomic E-state index is 0.0824. The van der Waals surface area contributed by atoms with E-state index in [2.05, 4.69) is 26.9 Å². The molecule has 31 heavy (non-hydrogen) atoms. The van der Waals surface area contributed by atoms with Gasteiger partial charge in [0.15, 0.2) is 0 Å². The first kappa shape index (κ1) is 21.7. The second kappa shape index (κ2) is 8.79. The highest BCUT2D eigenvalue weighted by Crippen LogP contribution is 2.17. The van der Waals surface area contributed by atoms with Gasteiger partial charge in [-0.25, -0.2) is 14.8 Å². The van der Waals surface area contributed by atoms with E-state index in [4.69, 9.17) is 4.74 Å². The molecule has 0 N–H and O–H groups in total. The molecule has 0 spiro atoms. The Morgan fingerprint density at radius 1 is 1.16 bits per heavy atom. The molecule has 0 aliphatic rings. The summed E-state index contributed by atoms with van der Waals surface area (Å²) in [4.78, 5) is 34.4. The van der Waals surface area contributed by atoms with Crippen LogP contribution in [0.15, 0.2) is 48.9 Å². The van der Waals surface area contributed by atoms with Crippen LogP contribution in [0.1, 0.15) is 42.6 Å². The van der Waals surface area contributed by atoms with Gasteiger partial charge in [-0.15, -0.1) is 0 Å². The number of carbonyl (C=O) groups excluding carboxylic acids is 2. The van der Waals surface area contributed by atoms with E-state index < -0.39 is 11.7 Å². The molecular formula is C23H23N5O3. The Morgan fingerprint density at radius 3 is 2.65 bits per heavy atom. The quantitative estimate of drug-likeness (QED) is 0.367. The van der Waals surface area contributed by atoms with Gasteiger partial charge in [0.2, 0.25) is 11.6 Å². The van der Waals surface area contributed by atoms with Crippen molar-refractivity contribution in [3.05, 3.63) is 66.0 Å². The molecular weight excluding hydrogens is 394 g/mol. The van der Waals surface area contributed by atoms with Gasteiger partial charge in [0.25, 0.3) is 0 Å². The van der Waals surface area contributed by atoms with E-state index in [1.807, 2.05) is 20.2 Å². The number of carbonyl (C=O) groups is 2. The Kier molecular flexibility index (Phi) is 6.16. The molecule has 0 aliphatic heterocycles. The van der Waals surface area contributed by atoms with Gasteiger partial charge in [-0.1, -0.05) is 5.92 Å². The molecule has 0 bridgehead atoms. The lowest BCUT2D eigenvalue weighted by Gasteiger charge is -2.19. The van der Waals surface area contributed by atoms with Crippen LogP contribution in [0.5, 0.6) is 0 Å². The molecule has 0 saturated heterocycles. The Hall–Kier alpha value is -3.99. The van der Waals surface area contributed by atoms with Crippen molar-refractivity contribution >= 4 is 22.8 Å². The van der Waals surface area contributed by atoms with Crippen LogP contribution in [0.2, 0.25) is 0 Å². The van der Waals surface area contributed by atoms with E-state index in [1.165, 1.54) is 17.0 Å². The maximum atomic E-state index is 12.3. The second-order valence-corrected chi connectivity index (χ2v) is 7.97. The summed E-state index contributed by atoms with van der Waals surface area (Å²) in [6.45, 7) is 5.40. The van der Waals surface area contributed by atoms with E-state index in [0.717, 1.165) is 10.9 Å². The number of aromatic nitrogens is 4. The highest BCUT2D eigenvalue weighted by Gasteiger charge is 2.20. The van der Waals surface area contributed by atoms with Crippen molar-refractivity contribution in [1.29, 1.82) is 0 Å². The summed E-state index contributed by atoms with van der Waals surface area (Å²) in [5, 5.41) is 4.88. The van der Waals surface area contributed by atoms with E-state index in [0.29, 0.717) is 11.2 Å². The van der Waals surface area contributed by atoms with Crippen LogP contribution in [0.25, 0.3) is 10.9 Å². The molecule has 0 aliphatic carbocycles. The molecule has 3 rings (SSSR count). The Labute approximate surface area is 180 Å². The fourth-order valence-electron chi connectivity index (χ4n) is 2.54. The summed E-state index contributed by atoms with van der Waals surface area (Å²) < 4.78 is 6.59. The fourth-order valence-corrected chi connectivity index (χ4v) is 2.54. The van der Waals surface area contributed by atoms with Crippen molar-refractivity contribution < 1.29 is 14.3 Å². The van der Waals surface area contributed by atoms with Crippen molar-refractivity contribution in [2.24, 2.45) is 0 Å². The monoisotopic (exact) mass is 417 g/mol. The number of benzene rings is 1. The molecule has 2 aromatic heterocycles. The largest absolute Gasteiger partial charge is 0.442 e. The molecule has 3 aromatic rings. The first-order valence-corrected chi connectivity index (χ1v) is 9.57. The summed E-state index contributed by atoms with van der Waals surface area (Å²) in [7, 11) is 3.64. The summed E-state index contributed by atoms with van der Waals surface area (Å²) in [5.41, 5.74) is 1.17. The molecule has 0 fully saturated rings. The number of fused-ring (bicyclic) bond motifs is 1. The SMILES string of the molecule is CN(C)C=CC(=O)c1nccc(C#Cc2ccc3c(cnn3C(=O)OC(C)(C)C)c2)n1. The van der Waals surface area contributed by atoms with Crippen LogP contribution >= 0.6 is 0 Å². The minimum Gasteiger partial charge on any atom is -0.442 e. The van der Waals surface area contributed by atoms with E-state index >= 15 is 0 Å². The van der Waals surface area contributed by atoms with Gasteiger partial charge >= 0.3 is 6.09 Å². The number of rotatable bonds is 3. The maximum Gasteiger partial charge on any atom is 0.435 e. The number of hydrogen-bond acceptors (Lipinski definition) is 7. The normalized spacial score (nSPS) is 11.3. The van der Waals surface area contributed by atoms with Crippen molar-refractivity contribution in [3.8, 4) is 11.8 Å². The van der Waals surface area contributed by atoms with Gasteiger partial charge in [-0.3, -0.25) is 4.79 Å². The van der Waals surface area contributed by atoms with Crippen LogP contribution < -0.4 is 0 Å². The molecule has 158 valence electrons. The number of ether oxygens (including phenoxy) is 1. The average molecular weight is 417 g/mol. The molecule has 2 heterocycles. The highest BCUT2D eigenvalue weighted by atomic mass is 16.6. The molecule has 0 radical (unpaired) electrons. The van der Waals surface area contributed by atoms with Crippen LogP contribution in [0, 0.1) is 11.8 Å². The van der Waals surface area contributed by atoms with Crippen LogP contribution in [-0.2, 0) is 4.74 Å². The zero-order valence-electron chi connectivity index (χ0n) is 18.1. The van der Waals surface area contributed by atoms with Gasteiger partial charge in [0, 0.05) is 43.5 Å². The third-order valence-electron chi connectivity index (χ3n) is 3.87. The Morgan fingerprint density at radius 2 is 1.94 bits per heavy atom. The molecule has 0 amide bonds. The Balaban J connectivity index is 1.82. The summed E-state index contributed by atoms with van der Waals surface area (Å²) in [5.74, 6) is 5.74. The summed E-state index contributed by atoms with van der Waals surface area (Å²) in [6, 6.07) is 7.00. The average Bonchev–Trinajstić information content (AvgIpc) is 3.13. The number of ketones is 1. The van der Waals surface area contributed by atoms with E-state index in [9.17, 15) is 9.59 Å². The predicted molar refractivity (Wildman–Crippen MR) is 117 cm³/mol. The van der Waals surface area contributed by atoms with Crippen molar-refractivity contribution in [1.82, 2.24) is 24.6 Å². The number of hydrogen-bond donors (Lipinski definition) is 0. The third-order valence-corrected chi connectivity index (χ3v) is 3.87. The smallest absolute Gasteiger partial charge is 0.435 e. The van der Waals surface area contributed by atoms with Crippen molar-refractivity contribution in [2.45, 2.75) is 26.4 Å². The van der Waals surface area contributed by atoms with Gasteiger partial charge in [0.1, 0.15) is 11.3 Å². The van der Waals surface area contributed by atoms with Gasteiger partial charge < -0.3 is 9.64 Å². The number of allylic oxidation sites excluding steroid dienone is 1. The molecule has 0 atom stereocenters. The zero-order chi connectivity index (χ0) is 22.6. The molecule has 8 nitrogen and oxygen atoms in total. The lowest BCUT2D eigenvalue weighted by molar-refractivity contribution is 0.0522. The van der Waals surface area contributed by atoms with Crippen molar-refractivity contribution in [3.63, 3.8) is 0 Å². The van der Waals surface area contributed by atoms with Crippen molar-refractivity contribution in [2.75, 3.05) is 14.1 Å². The fraction of sp³-hybridized carbons (Fsp3) is 0.261. The van der Waals surface area contributed by atoms with Gasteiger partial charge in [-0.2, -0.15) is 9.78 Å². The first-order valence-electron chi connectivity index (χ1n) is 9.57. The summed E-state index contributed by atoms with van der Waals surface area (Å²) >= 11 is 0.